The molecule has 4 rings (SSSR count). The minimum atomic E-state index is -1.29. The van der Waals surface area contributed by atoms with Crippen molar-refractivity contribution < 1.29 is 14.3 Å². The summed E-state index contributed by atoms with van der Waals surface area (Å²) < 4.78 is 18.8. The van der Waals surface area contributed by atoms with Crippen molar-refractivity contribution in [1.82, 2.24) is 14.1 Å². The van der Waals surface area contributed by atoms with Crippen LogP contribution in [0.25, 0.3) is 27.5 Å². The van der Waals surface area contributed by atoms with E-state index in [4.69, 9.17) is 5.26 Å². The van der Waals surface area contributed by atoms with Gasteiger partial charge in [0.25, 0.3) is 0 Å². The number of hydrogen-bond acceptors (Lipinski definition) is 3. The fraction of sp³-hybridized carbons (Fsp3) is 0.190. The first kappa shape index (κ1) is 17.7. The molecule has 0 aliphatic rings. The average molecular weight is 376 g/mol. The molecule has 0 atom stereocenters. The highest BCUT2D eigenvalue weighted by molar-refractivity contribution is 6.10. The molecule has 7 heteroatoms. The third-order valence-corrected chi connectivity index (χ3v) is 4.90. The number of aromatic nitrogens is 3. The number of carboxylic acid groups (broad SMARTS) is 1. The number of benzene rings is 2. The molecule has 0 aliphatic carbocycles. The van der Waals surface area contributed by atoms with Crippen LogP contribution in [-0.4, -0.2) is 25.2 Å². The summed E-state index contributed by atoms with van der Waals surface area (Å²) in [6.45, 7) is 0.506. The number of hydrogen-bond donors (Lipinski definition) is 1. The van der Waals surface area contributed by atoms with Crippen molar-refractivity contribution in [1.29, 1.82) is 5.26 Å². The first-order valence-corrected chi connectivity index (χ1v) is 8.95. The van der Waals surface area contributed by atoms with E-state index in [1.54, 1.807) is 18.6 Å². The first-order chi connectivity index (χ1) is 13.6. The smallest absolute Gasteiger partial charge is 0.338 e. The summed E-state index contributed by atoms with van der Waals surface area (Å²) in [5.74, 6) is -2.02. The lowest BCUT2D eigenvalue weighted by atomic mass is 10.1. The minimum Gasteiger partial charge on any atom is -0.478 e. The van der Waals surface area contributed by atoms with Gasteiger partial charge in [0.1, 0.15) is 0 Å². The van der Waals surface area contributed by atoms with E-state index in [0.717, 1.165) is 16.6 Å². The fourth-order valence-electron chi connectivity index (χ4n) is 3.59. The van der Waals surface area contributed by atoms with E-state index in [9.17, 15) is 9.90 Å². The van der Waals surface area contributed by atoms with Crippen LogP contribution in [0.2, 0.25) is 0 Å². The van der Waals surface area contributed by atoms with Gasteiger partial charge in [-0.15, -0.1) is 0 Å². The van der Waals surface area contributed by atoms with Gasteiger partial charge < -0.3 is 14.2 Å². The molecule has 0 saturated heterocycles. The molecule has 4 aromatic rings. The van der Waals surface area contributed by atoms with Crippen LogP contribution in [0.1, 0.15) is 29.6 Å². The molecule has 0 bridgehead atoms. The van der Waals surface area contributed by atoms with E-state index in [1.807, 2.05) is 33.5 Å². The number of rotatable bonds is 6. The summed E-state index contributed by atoms with van der Waals surface area (Å²) >= 11 is 0. The molecular formula is C21H17FN4O2. The molecule has 0 aliphatic heterocycles. The van der Waals surface area contributed by atoms with Gasteiger partial charge in [0.15, 0.2) is 5.82 Å². The number of aromatic carboxylic acids is 1. The van der Waals surface area contributed by atoms with Crippen LogP contribution in [-0.2, 0) is 6.54 Å². The van der Waals surface area contributed by atoms with Crippen LogP contribution in [0.5, 0.6) is 0 Å². The minimum absolute atomic E-state index is 0.287. The maximum absolute atomic E-state index is 15.1. The van der Waals surface area contributed by atoms with Crippen LogP contribution < -0.4 is 0 Å². The Bertz CT molecular complexity index is 1220. The number of aryl methyl sites for hydroxylation is 1. The molecule has 0 radical (unpaired) electrons. The zero-order valence-electron chi connectivity index (χ0n) is 15.0. The highest BCUT2D eigenvalue weighted by Crippen LogP contribution is 2.34. The Morgan fingerprint density at radius 1 is 1.21 bits per heavy atom. The van der Waals surface area contributed by atoms with Crippen molar-refractivity contribution in [2.24, 2.45) is 0 Å². The number of unbranched alkanes of at least 4 members (excludes halogenated alkanes) is 2. The standard InChI is InChI=1S/C21H17FN4O2/c22-19-16(21(27)28)6-5-15-17-12-14(25-11-9-24-13-25)4-7-18(17)26(20(15)19)10-3-1-2-8-23/h4-7,9,11-13H,1-3,10H2,(H,27,28). The highest BCUT2D eigenvalue weighted by atomic mass is 19.1. The van der Waals surface area contributed by atoms with Crippen molar-refractivity contribution in [2.75, 3.05) is 0 Å². The molecule has 0 amide bonds. The van der Waals surface area contributed by atoms with E-state index >= 15 is 4.39 Å². The number of halogens is 1. The van der Waals surface area contributed by atoms with Gasteiger partial charge in [-0.05, 0) is 37.1 Å². The first-order valence-electron chi connectivity index (χ1n) is 8.95. The zero-order valence-corrected chi connectivity index (χ0v) is 15.0. The predicted molar refractivity (Wildman–Crippen MR) is 103 cm³/mol. The molecule has 2 aromatic carbocycles. The summed E-state index contributed by atoms with van der Waals surface area (Å²) in [5, 5.41) is 19.6. The number of imidazole rings is 1. The van der Waals surface area contributed by atoms with Crippen LogP contribution in [0, 0.1) is 17.1 Å². The second-order valence-electron chi connectivity index (χ2n) is 6.57. The molecule has 0 spiro atoms. The molecule has 1 N–H and O–H groups in total. The Kier molecular flexibility index (Phi) is 4.53. The summed E-state index contributed by atoms with van der Waals surface area (Å²) in [6, 6.07) is 10.9. The summed E-state index contributed by atoms with van der Waals surface area (Å²) in [6.07, 6.45) is 7.03. The van der Waals surface area contributed by atoms with Crippen molar-refractivity contribution in [3.8, 4) is 11.8 Å². The lowest BCUT2D eigenvalue weighted by molar-refractivity contribution is 0.0692. The molecule has 2 heterocycles. The maximum Gasteiger partial charge on any atom is 0.338 e. The van der Waals surface area contributed by atoms with E-state index in [1.165, 1.54) is 6.07 Å². The lowest BCUT2D eigenvalue weighted by Gasteiger charge is -2.09. The van der Waals surface area contributed by atoms with Gasteiger partial charge >= 0.3 is 5.97 Å². The van der Waals surface area contributed by atoms with Crippen molar-refractivity contribution >= 4 is 27.8 Å². The van der Waals surface area contributed by atoms with Crippen LogP contribution in [0.3, 0.4) is 0 Å². The number of nitrogens with zero attached hydrogens (tertiary/aromatic N) is 4. The van der Waals surface area contributed by atoms with E-state index in [0.29, 0.717) is 31.2 Å². The van der Waals surface area contributed by atoms with Gasteiger partial charge in [0.2, 0.25) is 0 Å². The van der Waals surface area contributed by atoms with Crippen molar-refractivity contribution in [2.45, 2.75) is 25.8 Å². The van der Waals surface area contributed by atoms with Gasteiger partial charge in [0.05, 0.1) is 23.5 Å². The fourth-order valence-corrected chi connectivity index (χ4v) is 3.59. The SMILES string of the molecule is N#CCCCCn1c2ccc(-n3ccnc3)cc2c2ccc(C(=O)O)c(F)c21. The van der Waals surface area contributed by atoms with E-state index in [-0.39, 0.29) is 11.1 Å². The maximum atomic E-state index is 15.1. The monoisotopic (exact) mass is 376 g/mol. The second-order valence-corrected chi connectivity index (χ2v) is 6.57. The number of fused-ring (bicyclic) bond motifs is 3. The van der Waals surface area contributed by atoms with Gasteiger partial charge in [-0.3, -0.25) is 0 Å². The van der Waals surface area contributed by atoms with Gasteiger partial charge in [-0.25, -0.2) is 14.2 Å². The lowest BCUT2D eigenvalue weighted by Crippen LogP contribution is -2.04. The number of nitriles is 1. The Labute approximate surface area is 160 Å². The Morgan fingerprint density at radius 3 is 2.79 bits per heavy atom. The molecule has 2 aromatic heterocycles. The van der Waals surface area contributed by atoms with Gasteiger partial charge in [-0.1, -0.05) is 6.07 Å². The number of carbonyl (C=O) groups is 1. The molecular weight excluding hydrogens is 359 g/mol. The Hall–Kier alpha value is -3.66. The topological polar surface area (TPSA) is 83.8 Å². The largest absolute Gasteiger partial charge is 0.478 e. The number of carboxylic acids is 1. The van der Waals surface area contributed by atoms with Gasteiger partial charge in [-0.2, -0.15) is 5.26 Å². The average Bonchev–Trinajstić information content (AvgIpc) is 3.32. The van der Waals surface area contributed by atoms with E-state index < -0.39 is 11.8 Å². The predicted octanol–water partition coefficient (Wildman–Crippen LogP) is 4.51. The van der Waals surface area contributed by atoms with E-state index in [2.05, 4.69) is 11.1 Å². The van der Waals surface area contributed by atoms with Crippen LogP contribution in [0.15, 0.2) is 49.1 Å². The summed E-state index contributed by atoms with van der Waals surface area (Å²) in [7, 11) is 0. The molecule has 0 saturated carbocycles. The summed E-state index contributed by atoms with van der Waals surface area (Å²) in [4.78, 5) is 15.5. The zero-order chi connectivity index (χ0) is 19.7. The van der Waals surface area contributed by atoms with Crippen LogP contribution >= 0.6 is 0 Å². The quantitative estimate of drug-likeness (QED) is 0.502. The third kappa shape index (κ3) is 2.89. The highest BCUT2D eigenvalue weighted by Gasteiger charge is 2.20. The molecule has 0 unspecified atom stereocenters. The second kappa shape index (κ2) is 7.16. The molecule has 140 valence electrons. The molecule has 6 nitrogen and oxygen atoms in total. The van der Waals surface area contributed by atoms with Crippen molar-refractivity contribution in [3.05, 3.63) is 60.4 Å². The molecule has 0 fully saturated rings. The van der Waals surface area contributed by atoms with Crippen LogP contribution in [0.4, 0.5) is 4.39 Å². The van der Waals surface area contributed by atoms with Gasteiger partial charge in [0, 0.05) is 47.3 Å². The normalized spacial score (nSPS) is 11.1. The molecule has 28 heavy (non-hydrogen) atoms. The third-order valence-electron chi connectivity index (χ3n) is 4.90. The van der Waals surface area contributed by atoms with Crippen molar-refractivity contribution in [3.63, 3.8) is 0 Å². The Morgan fingerprint density at radius 2 is 2.07 bits per heavy atom. The summed E-state index contributed by atoms with van der Waals surface area (Å²) in [5.41, 5.74) is 1.66. The Balaban J connectivity index is 1.94.